The van der Waals surface area contributed by atoms with Gasteiger partial charge in [0.25, 0.3) is 0 Å². The number of rotatable bonds is 1. The molecule has 0 aliphatic carbocycles. The van der Waals surface area contributed by atoms with Gasteiger partial charge in [-0.05, 0) is 12.1 Å². The first-order valence-electron chi connectivity index (χ1n) is 4.11. The highest BCUT2D eigenvalue weighted by molar-refractivity contribution is 5.47. The van der Waals surface area contributed by atoms with Crippen LogP contribution in [0.1, 0.15) is 5.82 Å². The Balaban J connectivity index is 2.48. The number of hydrogen-bond donors (Lipinski definition) is 1. The third-order valence-corrected chi connectivity index (χ3v) is 1.85. The van der Waals surface area contributed by atoms with Crippen LogP contribution in [0.5, 0.6) is 0 Å². The molecule has 4 nitrogen and oxygen atoms in total. The van der Waals surface area contributed by atoms with Crippen molar-refractivity contribution in [2.75, 3.05) is 5.73 Å². The van der Waals surface area contributed by atoms with Crippen LogP contribution in [-0.2, 0) is 6.42 Å². The second-order valence-corrected chi connectivity index (χ2v) is 3.10. The molecule has 2 heterocycles. The lowest BCUT2D eigenvalue weighted by Gasteiger charge is -2.04. The van der Waals surface area contributed by atoms with Gasteiger partial charge in [0.2, 0.25) is 0 Å². The van der Waals surface area contributed by atoms with Gasteiger partial charge >= 0.3 is 6.18 Å². The fourth-order valence-corrected chi connectivity index (χ4v) is 1.25. The maximum absolute atomic E-state index is 12.1. The number of aromatic nitrogens is 3. The second kappa shape index (κ2) is 3.11. The first-order chi connectivity index (χ1) is 6.96. The lowest BCUT2D eigenvalue weighted by Crippen LogP contribution is -2.14. The van der Waals surface area contributed by atoms with Gasteiger partial charge in [0.05, 0.1) is 0 Å². The van der Waals surface area contributed by atoms with E-state index >= 15 is 0 Å². The van der Waals surface area contributed by atoms with Crippen molar-refractivity contribution in [1.29, 1.82) is 0 Å². The molecule has 0 radical (unpaired) electrons. The number of fused-ring (bicyclic) bond motifs is 1. The number of alkyl halides is 3. The largest absolute Gasteiger partial charge is 0.398 e. The van der Waals surface area contributed by atoms with Gasteiger partial charge in [0.1, 0.15) is 12.2 Å². The number of nitrogens with zero attached hydrogens (tertiary/aromatic N) is 3. The normalized spacial score (nSPS) is 12.2. The topological polar surface area (TPSA) is 56.2 Å². The van der Waals surface area contributed by atoms with Crippen molar-refractivity contribution < 1.29 is 13.2 Å². The van der Waals surface area contributed by atoms with E-state index in [1.54, 1.807) is 6.07 Å². The van der Waals surface area contributed by atoms with Gasteiger partial charge < -0.3 is 5.73 Å². The molecule has 0 aliphatic rings. The molecule has 0 amide bonds. The van der Waals surface area contributed by atoms with E-state index < -0.39 is 12.6 Å². The molecule has 0 atom stereocenters. The molecule has 0 fully saturated rings. The minimum atomic E-state index is -4.30. The Kier molecular flexibility index (Phi) is 2.02. The van der Waals surface area contributed by atoms with E-state index in [4.69, 9.17) is 5.73 Å². The smallest absolute Gasteiger partial charge is 0.396 e. The Morgan fingerprint density at radius 3 is 2.67 bits per heavy atom. The zero-order valence-electron chi connectivity index (χ0n) is 7.49. The highest BCUT2D eigenvalue weighted by Crippen LogP contribution is 2.20. The molecule has 7 heteroatoms. The molecular weight excluding hydrogens is 209 g/mol. The number of anilines is 1. The SMILES string of the molecule is Nc1ccc2nnc(CC(F)(F)F)n2c1. The van der Waals surface area contributed by atoms with Gasteiger partial charge in [-0.1, -0.05) is 0 Å². The maximum atomic E-state index is 12.1. The van der Waals surface area contributed by atoms with Crippen molar-refractivity contribution in [3.63, 3.8) is 0 Å². The van der Waals surface area contributed by atoms with Gasteiger partial charge in [-0.25, -0.2) is 0 Å². The van der Waals surface area contributed by atoms with Gasteiger partial charge in [0.15, 0.2) is 5.65 Å². The summed E-state index contributed by atoms with van der Waals surface area (Å²) in [5, 5.41) is 7.06. The summed E-state index contributed by atoms with van der Waals surface area (Å²) < 4.78 is 37.6. The molecule has 0 unspecified atom stereocenters. The number of nitrogens with two attached hydrogens (primary N) is 1. The van der Waals surface area contributed by atoms with Crippen LogP contribution in [0.15, 0.2) is 18.3 Å². The summed E-state index contributed by atoms with van der Waals surface area (Å²) in [4.78, 5) is 0. The summed E-state index contributed by atoms with van der Waals surface area (Å²) in [7, 11) is 0. The molecular formula is C8H7F3N4. The minimum absolute atomic E-state index is 0.162. The molecule has 2 aromatic rings. The van der Waals surface area contributed by atoms with Crippen LogP contribution in [0.25, 0.3) is 5.65 Å². The van der Waals surface area contributed by atoms with Crippen molar-refractivity contribution in [2.24, 2.45) is 0 Å². The first-order valence-corrected chi connectivity index (χ1v) is 4.11. The fraction of sp³-hybridized carbons (Fsp3) is 0.250. The van der Waals surface area contributed by atoms with E-state index in [9.17, 15) is 13.2 Å². The Morgan fingerprint density at radius 1 is 1.27 bits per heavy atom. The lowest BCUT2D eigenvalue weighted by molar-refractivity contribution is -0.128. The third-order valence-electron chi connectivity index (χ3n) is 1.85. The average Bonchev–Trinajstić information content (AvgIpc) is 2.46. The van der Waals surface area contributed by atoms with E-state index in [1.807, 2.05) is 0 Å². The van der Waals surface area contributed by atoms with Crippen LogP contribution < -0.4 is 5.73 Å². The molecule has 0 spiro atoms. The summed E-state index contributed by atoms with van der Waals surface area (Å²) in [6.07, 6.45) is -4.04. The fourth-order valence-electron chi connectivity index (χ4n) is 1.25. The maximum Gasteiger partial charge on any atom is 0.396 e. The third kappa shape index (κ3) is 2.00. The van der Waals surface area contributed by atoms with Crippen LogP contribution in [-0.4, -0.2) is 20.8 Å². The molecule has 15 heavy (non-hydrogen) atoms. The van der Waals surface area contributed by atoms with Gasteiger partial charge in [0, 0.05) is 11.9 Å². The summed E-state index contributed by atoms with van der Waals surface area (Å²) >= 11 is 0. The van der Waals surface area contributed by atoms with Gasteiger partial charge in [-0.2, -0.15) is 13.2 Å². The molecule has 0 aromatic carbocycles. The van der Waals surface area contributed by atoms with Gasteiger partial charge in [-0.3, -0.25) is 4.40 Å². The molecule has 2 N–H and O–H groups in total. The highest BCUT2D eigenvalue weighted by atomic mass is 19.4. The first kappa shape index (κ1) is 9.75. The van der Waals surface area contributed by atoms with Crippen molar-refractivity contribution in [3.05, 3.63) is 24.2 Å². The Labute approximate surface area is 82.5 Å². The van der Waals surface area contributed by atoms with Gasteiger partial charge in [-0.15, -0.1) is 10.2 Å². The number of halogens is 3. The van der Waals surface area contributed by atoms with Crippen molar-refractivity contribution in [1.82, 2.24) is 14.6 Å². The predicted octanol–water partition coefficient (Wildman–Crippen LogP) is 1.42. The molecule has 0 bridgehead atoms. The van der Waals surface area contributed by atoms with E-state index in [0.717, 1.165) is 0 Å². The average molecular weight is 216 g/mol. The summed E-state index contributed by atoms with van der Waals surface area (Å²) in [5.74, 6) is -0.162. The molecule has 0 saturated carbocycles. The summed E-state index contributed by atoms with van der Waals surface area (Å²) in [6.45, 7) is 0. The van der Waals surface area contributed by atoms with E-state index in [-0.39, 0.29) is 5.82 Å². The van der Waals surface area contributed by atoms with E-state index in [0.29, 0.717) is 11.3 Å². The Morgan fingerprint density at radius 2 is 2.00 bits per heavy atom. The van der Waals surface area contributed by atoms with Crippen LogP contribution in [0.3, 0.4) is 0 Å². The number of pyridine rings is 1. The zero-order valence-corrected chi connectivity index (χ0v) is 7.49. The standard InChI is InChI=1S/C8H7F3N4/c9-8(10,11)3-7-14-13-6-2-1-5(12)4-15(6)7/h1-2,4H,3,12H2. The second-order valence-electron chi connectivity index (χ2n) is 3.10. The van der Waals surface area contributed by atoms with Crippen molar-refractivity contribution in [3.8, 4) is 0 Å². The molecule has 80 valence electrons. The summed E-state index contributed by atoms with van der Waals surface area (Å²) in [5.41, 5.74) is 6.17. The Bertz CT molecular complexity index is 488. The molecule has 2 aromatic heterocycles. The van der Waals surface area contributed by atoms with Crippen LogP contribution >= 0.6 is 0 Å². The molecule has 0 saturated heterocycles. The monoisotopic (exact) mass is 216 g/mol. The zero-order chi connectivity index (χ0) is 11.1. The van der Waals surface area contributed by atoms with Crippen LogP contribution in [0.4, 0.5) is 18.9 Å². The quantitative estimate of drug-likeness (QED) is 0.784. The summed E-state index contributed by atoms with van der Waals surface area (Å²) in [6, 6.07) is 3.07. The van der Waals surface area contributed by atoms with Crippen LogP contribution in [0.2, 0.25) is 0 Å². The van der Waals surface area contributed by atoms with E-state index in [2.05, 4.69) is 10.2 Å². The lowest BCUT2D eigenvalue weighted by atomic mass is 10.3. The predicted molar refractivity (Wildman–Crippen MR) is 47.2 cm³/mol. The minimum Gasteiger partial charge on any atom is -0.398 e. The van der Waals surface area contributed by atoms with Crippen molar-refractivity contribution in [2.45, 2.75) is 12.6 Å². The molecule has 2 rings (SSSR count). The number of hydrogen-bond acceptors (Lipinski definition) is 3. The Hall–Kier alpha value is -1.79. The van der Waals surface area contributed by atoms with Crippen LogP contribution in [0, 0.1) is 0 Å². The highest BCUT2D eigenvalue weighted by Gasteiger charge is 2.30. The van der Waals surface area contributed by atoms with Crippen molar-refractivity contribution >= 4 is 11.3 Å². The van der Waals surface area contributed by atoms with E-state index in [1.165, 1.54) is 16.7 Å². The number of nitrogen functional groups attached to an aromatic ring is 1. The molecule has 0 aliphatic heterocycles.